The molecule has 0 bridgehead atoms. The van der Waals surface area contributed by atoms with E-state index in [0.29, 0.717) is 41.6 Å². The SMILES string of the molecule is CC(=O)OCc1c(B2OC(C)(C)C(C)(C)O2)cccc1N1CCOc2cc(C3CC3)ccc2C1=O. The normalized spacial score (nSPS) is 20.8. The molecule has 0 unspecified atom stereocenters. The Hall–Kier alpha value is -2.84. The number of carbonyl (C=O) groups is 2. The summed E-state index contributed by atoms with van der Waals surface area (Å²) in [4.78, 5) is 27.2. The maximum atomic E-state index is 13.7. The van der Waals surface area contributed by atoms with Crippen molar-refractivity contribution in [2.24, 2.45) is 0 Å². The molecular formula is C27H32BNO6. The number of amides is 1. The molecule has 1 saturated carbocycles. The van der Waals surface area contributed by atoms with Crippen LogP contribution in [0.25, 0.3) is 0 Å². The van der Waals surface area contributed by atoms with Crippen molar-refractivity contribution in [3.63, 3.8) is 0 Å². The largest absolute Gasteiger partial charge is 0.495 e. The molecule has 2 aromatic carbocycles. The number of fused-ring (bicyclic) bond motifs is 1. The Labute approximate surface area is 206 Å². The van der Waals surface area contributed by atoms with Crippen molar-refractivity contribution in [3.05, 3.63) is 53.1 Å². The predicted octanol–water partition coefficient (Wildman–Crippen LogP) is 3.97. The first-order valence-electron chi connectivity index (χ1n) is 12.3. The van der Waals surface area contributed by atoms with Gasteiger partial charge in [0.25, 0.3) is 5.91 Å². The summed E-state index contributed by atoms with van der Waals surface area (Å²) in [6.07, 6.45) is 2.37. The lowest BCUT2D eigenvalue weighted by Crippen LogP contribution is -2.41. The topological polar surface area (TPSA) is 74.3 Å². The van der Waals surface area contributed by atoms with Crippen LogP contribution in [0.5, 0.6) is 5.75 Å². The number of benzene rings is 2. The molecule has 1 saturated heterocycles. The van der Waals surface area contributed by atoms with Crippen molar-refractivity contribution in [2.75, 3.05) is 18.1 Å². The molecule has 0 radical (unpaired) electrons. The van der Waals surface area contributed by atoms with Gasteiger partial charge >= 0.3 is 13.1 Å². The fourth-order valence-corrected chi connectivity index (χ4v) is 4.60. The lowest BCUT2D eigenvalue weighted by Gasteiger charge is -2.32. The van der Waals surface area contributed by atoms with Crippen LogP contribution >= 0.6 is 0 Å². The minimum Gasteiger partial charge on any atom is -0.491 e. The van der Waals surface area contributed by atoms with Gasteiger partial charge in [-0.3, -0.25) is 9.59 Å². The first-order valence-corrected chi connectivity index (χ1v) is 12.3. The Balaban J connectivity index is 1.54. The number of hydrogen-bond acceptors (Lipinski definition) is 6. The van der Waals surface area contributed by atoms with E-state index in [4.69, 9.17) is 18.8 Å². The third-order valence-corrected chi connectivity index (χ3v) is 7.51. The maximum absolute atomic E-state index is 13.7. The Kier molecular flexibility index (Phi) is 5.92. The van der Waals surface area contributed by atoms with Crippen LogP contribution in [0.2, 0.25) is 0 Å². The molecule has 0 spiro atoms. The van der Waals surface area contributed by atoms with E-state index in [0.717, 1.165) is 5.46 Å². The molecule has 8 heteroatoms. The first-order chi connectivity index (χ1) is 16.6. The summed E-state index contributed by atoms with van der Waals surface area (Å²) < 4.78 is 24.0. The van der Waals surface area contributed by atoms with Gasteiger partial charge in [0.05, 0.1) is 29.0 Å². The molecule has 0 atom stereocenters. The van der Waals surface area contributed by atoms with Gasteiger partial charge in [0.2, 0.25) is 0 Å². The van der Waals surface area contributed by atoms with Crippen LogP contribution in [0.1, 0.15) is 74.9 Å². The van der Waals surface area contributed by atoms with Crippen LogP contribution < -0.4 is 15.1 Å². The highest BCUT2D eigenvalue weighted by molar-refractivity contribution is 6.62. The average Bonchev–Trinajstić information content (AvgIpc) is 3.62. The number of anilines is 1. The Morgan fingerprint density at radius 2 is 1.83 bits per heavy atom. The summed E-state index contributed by atoms with van der Waals surface area (Å²) in [5.74, 6) is 0.661. The van der Waals surface area contributed by atoms with Gasteiger partial charge in [-0.25, -0.2) is 0 Å². The quantitative estimate of drug-likeness (QED) is 0.480. The van der Waals surface area contributed by atoms with Gasteiger partial charge < -0.3 is 23.7 Å². The maximum Gasteiger partial charge on any atom is 0.495 e. The van der Waals surface area contributed by atoms with E-state index in [9.17, 15) is 9.59 Å². The fourth-order valence-electron chi connectivity index (χ4n) is 4.60. The summed E-state index contributed by atoms with van der Waals surface area (Å²) in [6.45, 7) is 10.1. The van der Waals surface area contributed by atoms with E-state index in [2.05, 4.69) is 0 Å². The molecule has 2 aromatic rings. The standard InChI is InChI=1S/C27H32BNO6/c1-17(30)33-16-21-22(28-34-26(2,3)27(4,5)35-28)7-6-8-23(21)29-13-14-32-24-15-19(18-9-10-18)11-12-20(24)25(29)31/h6-8,11-12,15,18H,9-10,13-14,16H2,1-5H3. The van der Waals surface area contributed by atoms with E-state index in [1.807, 2.05) is 64.1 Å². The highest BCUT2D eigenvalue weighted by Crippen LogP contribution is 2.42. The Bertz CT molecular complexity index is 1160. The van der Waals surface area contributed by atoms with Gasteiger partial charge in [-0.15, -0.1) is 0 Å². The second-order valence-corrected chi connectivity index (χ2v) is 10.5. The molecule has 2 heterocycles. The first kappa shape index (κ1) is 23.9. The smallest absolute Gasteiger partial charge is 0.491 e. The van der Waals surface area contributed by atoms with Gasteiger partial charge in [0.15, 0.2) is 0 Å². The highest BCUT2D eigenvalue weighted by atomic mass is 16.7. The zero-order chi connectivity index (χ0) is 25.0. The van der Waals surface area contributed by atoms with Crippen molar-refractivity contribution in [2.45, 2.75) is 71.2 Å². The monoisotopic (exact) mass is 477 g/mol. The van der Waals surface area contributed by atoms with Gasteiger partial charge in [-0.2, -0.15) is 0 Å². The highest BCUT2D eigenvalue weighted by Gasteiger charge is 2.52. The summed E-state index contributed by atoms with van der Waals surface area (Å²) in [5, 5.41) is 0. The molecule has 2 aliphatic heterocycles. The Morgan fingerprint density at radius 1 is 1.11 bits per heavy atom. The third kappa shape index (κ3) is 4.45. The number of carbonyl (C=O) groups excluding carboxylic acids is 2. The van der Waals surface area contributed by atoms with Crippen molar-refractivity contribution in [1.82, 2.24) is 0 Å². The molecule has 0 N–H and O–H groups in total. The lowest BCUT2D eigenvalue weighted by atomic mass is 9.75. The predicted molar refractivity (Wildman–Crippen MR) is 133 cm³/mol. The summed E-state index contributed by atoms with van der Waals surface area (Å²) >= 11 is 0. The minimum absolute atomic E-state index is 0.00301. The molecule has 1 amide bonds. The van der Waals surface area contributed by atoms with E-state index in [1.165, 1.54) is 25.3 Å². The number of rotatable bonds is 5. The number of ether oxygens (including phenoxy) is 2. The second-order valence-electron chi connectivity index (χ2n) is 10.5. The van der Waals surface area contributed by atoms with Gasteiger partial charge in [-0.05, 0) is 75.7 Å². The van der Waals surface area contributed by atoms with Gasteiger partial charge in [0.1, 0.15) is 19.0 Å². The van der Waals surface area contributed by atoms with Crippen molar-refractivity contribution >= 4 is 30.1 Å². The van der Waals surface area contributed by atoms with Crippen LogP contribution in [0.15, 0.2) is 36.4 Å². The lowest BCUT2D eigenvalue weighted by molar-refractivity contribution is -0.142. The van der Waals surface area contributed by atoms with Crippen LogP contribution in [0.3, 0.4) is 0 Å². The number of esters is 1. The van der Waals surface area contributed by atoms with Crippen LogP contribution in [0, 0.1) is 0 Å². The zero-order valence-electron chi connectivity index (χ0n) is 21.1. The summed E-state index contributed by atoms with van der Waals surface area (Å²) in [6, 6.07) is 11.6. The molecule has 0 aromatic heterocycles. The molecule has 184 valence electrons. The van der Waals surface area contributed by atoms with E-state index >= 15 is 0 Å². The molecule has 7 nitrogen and oxygen atoms in total. The van der Waals surface area contributed by atoms with Crippen LogP contribution in [-0.2, 0) is 25.4 Å². The van der Waals surface area contributed by atoms with Crippen molar-refractivity contribution < 1.29 is 28.4 Å². The third-order valence-electron chi connectivity index (χ3n) is 7.51. The van der Waals surface area contributed by atoms with Gasteiger partial charge in [-0.1, -0.05) is 18.2 Å². The summed E-state index contributed by atoms with van der Waals surface area (Å²) in [5.41, 5.74) is 2.78. The van der Waals surface area contributed by atoms with Crippen LogP contribution in [-0.4, -0.2) is 43.3 Å². The van der Waals surface area contributed by atoms with E-state index < -0.39 is 24.3 Å². The minimum atomic E-state index is -0.655. The second kappa shape index (κ2) is 8.68. The molecular weight excluding hydrogens is 445 g/mol. The molecule has 2 fully saturated rings. The molecule has 3 aliphatic rings. The molecule has 1 aliphatic carbocycles. The number of hydrogen-bond donors (Lipinski definition) is 0. The number of nitrogens with zero attached hydrogens (tertiary/aromatic N) is 1. The molecule has 35 heavy (non-hydrogen) atoms. The Morgan fingerprint density at radius 3 is 2.49 bits per heavy atom. The zero-order valence-corrected chi connectivity index (χ0v) is 21.1. The van der Waals surface area contributed by atoms with E-state index in [1.54, 1.807) is 4.90 Å². The van der Waals surface area contributed by atoms with E-state index in [-0.39, 0.29) is 12.5 Å². The molecule has 5 rings (SSSR count). The fraction of sp³-hybridized carbons (Fsp3) is 0.481. The summed E-state index contributed by atoms with van der Waals surface area (Å²) in [7, 11) is -0.655. The average molecular weight is 477 g/mol. The van der Waals surface area contributed by atoms with Crippen molar-refractivity contribution in [1.29, 1.82) is 0 Å². The van der Waals surface area contributed by atoms with Gasteiger partial charge in [0, 0.05) is 12.5 Å². The van der Waals surface area contributed by atoms with Crippen LogP contribution in [0.4, 0.5) is 5.69 Å². The van der Waals surface area contributed by atoms with Crippen molar-refractivity contribution in [3.8, 4) is 5.75 Å².